The van der Waals surface area contributed by atoms with Crippen LogP contribution in [-0.2, 0) is 0 Å². The highest BCUT2D eigenvalue weighted by Crippen LogP contribution is 2.35. The van der Waals surface area contributed by atoms with Crippen molar-refractivity contribution in [3.8, 4) is 16.8 Å². The minimum absolute atomic E-state index is 0.319. The van der Waals surface area contributed by atoms with Gasteiger partial charge in [0.25, 0.3) is 5.91 Å². The van der Waals surface area contributed by atoms with E-state index in [0.717, 1.165) is 11.1 Å². The van der Waals surface area contributed by atoms with Crippen LogP contribution >= 0.6 is 11.3 Å². The Hall–Kier alpha value is -3.25. The van der Waals surface area contributed by atoms with Crippen LogP contribution in [0.2, 0.25) is 0 Å². The number of benzene rings is 2. The molecule has 0 aliphatic rings. The normalized spacial score (nSPS) is 10.8. The molecule has 0 saturated carbocycles. The summed E-state index contributed by atoms with van der Waals surface area (Å²) in [7, 11) is 0. The van der Waals surface area contributed by atoms with Gasteiger partial charge < -0.3 is 9.88 Å². The van der Waals surface area contributed by atoms with Crippen LogP contribution in [0.3, 0.4) is 0 Å². The van der Waals surface area contributed by atoms with Gasteiger partial charge in [-0.2, -0.15) is 0 Å². The first-order chi connectivity index (χ1) is 13.5. The third-order valence-electron chi connectivity index (χ3n) is 4.42. The third kappa shape index (κ3) is 3.46. The number of nitrogens with one attached hydrogen (secondary N) is 1. The van der Waals surface area contributed by atoms with Gasteiger partial charge >= 0.3 is 0 Å². The predicted molar refractivity (Wildman–Crippen MR) is 108 cm³/mol. The van der Waals surface area contributed by atoms with Crippen molar-refractivity contribution >= 4 is 22.9 Å². The van der Waals surface area contributed by atoms with Gasteiger partial charge in [0.15, 0.2) is 0 Å². The molecule has 2 aromatic heterocycles. The molecule has 140 valence electrons. The highest BCUT2D eigenvalue weighted by Gasteiger charge is 2.20. The Kier molecular flexibility index (Phi) is 4.79. The van der Waals surface area contributed by atoms with E-state index in [0.29, 0.717) is 21.8 Å². The van der Waals surface area contributed by atoms with Crippen LogP contribution < -0.4 is 5.32 Å². The van der Waals surface area contributed by atoms with E-state index >= 15 is 0 Å². The molecule has 0 saturated heterocycles. The van der Waals surface area contributed by atoms with Gasteiger partial charge in [0, 0.05) is 29.0 Å². The van der Waals surface area contributed by atoms with E-state index < -0.39 is 0 Å². The molecule has 1 amide bonds. The lowest BCUT2D eigenvalue weighted by Crippen LogP contribution is -2.13. The van der Waals surface area contributed by atoms with Gasteiger partial charge in [0.2, 0.25) is 0 Å². The second kappa shape index (κ2) is 7.40. The van der Waals surface area contributed by atoms with Gasteiger partial charge in [-0.25, -0.2) is 8.78 Å². The number of carbonyl (C=O) groups excluding carboxylic acids is 1. The number of carbonyl (C=O) groups is 1. The van der Waals surface area contributed by atoms with E-state index in [-0.39, 0.29) is 17.5 Å². The molecule has 3 nitrogen and oxygen atoms in total. The summed E-state index contributed by atoms with van der Waals surface area (Å²) in [5.74, 6) is -1.02. The quantitative estimate of drug-likeness (QED) is 0.449. The minimum atomic E-state index is -0.374. The molecular formula is C22H16F2N2OS. The average Bonchev–Trinajstić information content (AvgIpc) is 3.34. The van der Waals surface area contributed by atoms with Crippen molar-refractivity contribution in [3.63, 3.8) is 0 Å². The van der Waals surface area contributed by atoms with Crippen LogP contribution in [0.25, 0.3) is 16.8 Å². The molecule has 0 fully saturated rings. The minimum Gasteiger partial charge on any atom is -0.322 e. The summed E-state index contributed by atoms with van der Waals surface area (Å²) in [4.78, 5) is 13.4. The molecule has 0 unspecified atom stereocenters. The summed E-state index contributed by atoms with van der Waals surface area (Å²) in [6.45, 7) is 1.67. The molecule has 1 N–H and O–H groups in total. The molecule has 4 rings (SSSR count). The first kappa shape index (κ1) is 18.1. The standard InChI is InChI=1S/C22H16F2N2OS/c1-14-4-9-17(12-19(14)24)25-22(27)21-20(26-10-2-3-11-26)18(13-28-21)15-5-7-16(23)8-6-15/h2-13H,1H3,(H,25,27). The number of hydrogen-bond donors (Lipinski definition) is 1. The summed E-state index contributed by atoms with van der Waals surface area (Å²) in [5.41, 5.74) is 3.24. The molecule has 0 radical (unpaired) electrons. The monoisotopic (exact) mass is 394 g/mol. The van der Waals surface area contributed by atoms with Crippen molar-refractivity contribution in [2.75, 3.05) is 5.32 Å². The van der Waals surface area contributed by atoms with E-state index in [4.69, 9.17) is 0 Å². The Morgan fingerprint density at radius 2 is 1.75 bits per heavy atom. The Morgan fingerprint density at radius 3 is 2.43 bits per heavy atom. The van der Waals surface area contributed by atoms with Crippen molar-refractivity contribution in [3.05, 3.63) is 94.4 Å². The second-order valence-electron chi connectivity index (χ2n) is 6.34. The van der Waals surface area contributed by atoms with E-state index in [1.165, 1.54) is 29.5 Å². The molecule has 0 aliphatic heterocycles. The fourth-order valence-electron chi connectivity index (χ4n) is 2.95. The second-order valence-corrected chi connectivity index (χ2v) is 7.22. The molecule has 2 heterocycles. The lowest BCUT2D eigenvalue weighted by Gasteiger charge is -2.10. The van der Waals surface area contributed by atoms with Gasteiger partial charge in [-0.1, -0.05) is 18.2 Å². The average molecular weight is 394 g/mol. The molecule has 0 aliphatic carbocycles. The van der Waals surface area contributed by atoms with Crippen LogP contribution in [0.5, 0.6) is 0 Å². The topological polar surface area (TPSA) is 34.0 Å². The molecule has 28 heavy (non-hydrogen) atoms. The molecule has 0 bridgehead atoms. The van der Waals surface area contributed by atoms with E-state index in [9.17, 15) is 13.6 Å². The summed E-state index contributed by atoms with van der Waals surface area (Å²) in [5, 5.41) is 4.63. The van der Waals surface area contributed by atoms with Crippen LogP contribution in [0.1, 0.15) is 15.2 Å². The van der Waals surface area contributed by atoms with Crippen LogP contribution in [0.4, 0.5) is 14.5 Å². The maximum absolute atomic E-state index is 13.8. The van der Waals surface area contributed by atoms with Crippen molar-refractivity contribution in [1.29, 1.82) is 0 Å². The Morgan fingerprint density at radius 1 is 1.04 bits per heavy atom. The Bertz CT molecular complexity index is 1130. The lowest BCUT2D eigenvalue weighted by molar-refractivity contribution is 0.103. The van der Waals surface area contributed by atoms with Gasteiger partial charge in [0.05, 0.1) is 5.69 Å². The highest BCUT2D eigenvalue weighted by atomic mass is 32.1. The van der Waals surface area contributed by atoms with Gasteiger partial charge in [-0.05, 0) is 54.4 Å². The molecule has 2 aromatic carbocycles. The maximum atomic E-state index is 13.8. The number of aromatic nitrogens is 1. The summed E-state index contributed by atoms with van der Waals surface area (Å²) >= 11 is 1.29. The number of thiophene rings is 1. The van der Waals surface area contributed by atoms with Crippen molar-refractivity contribution < 1.29 is 13.6 Å². The molecule has 4 aromatic rings. The number of hydrogen-bond acceptors (Lipinski definition) is 2. The summed E-state index contributed by atoms with van der Waals surface area (Å²) in [6, 6.07) is 14.5. The zero-order chi connectivity index (χ0) is 19.7. The fourth-order valence-corrected chi connectivity index (χ4v) is 3.91. The summed E-state index contributed by atoms with van der Waals surface area (Å²) < 4.78 is 29.0. The number of halogens is 2. The first-order valence-corrected chi connectivity index (χ1v) is 9.49. The van der Waals surface area contributed by atoms with E-state index in [1.807, 2.05) is 34.5 Å². The first-order valence-electron chi connectivity index (χ1n) is 8.61. The zero-order valence-corrected chi connectivity index (χ0v) is 15.8. The lowest BCUT2D eigenvalue weighted by atomic mass is 10.1. The molecule has 6 heteroatoms. The third-order valence-corrected chi connectivity index (χ3v) is 5.39. The molecule has 0 atom stereocenters. The largest absolute Gasteiger partial charge is 0.322 e. The number of nitrogens with zero attached hydrogens (tertiary/aromatic N) is 1. The Labute approximate surface area is 164 Å². The van der Waals surface area contributed by atoms with Gasteiger partial charge in [-0.3, -0.25) is 4.79 Å². The van der Waals surface area contributed by atoms with Crippen molar-refractivity contribution in [2.45, 2.75) is 6.92 Å². The molecular weight excluding hydrogens is 378 g/mol. The van der Waals surface area contributed by atoms with Crippen molar-refractivity contribution in [2.24, 2.45) is 0 Å². The number of aryl methyl sites for hydroxylation is 1. The highest BCUT2D eigenvalue weighted by molar-refractivity contribution is 7.13. The van der Waals surface area contributed by atoms with Gasteiger partial charge in [0.1, 0.15) is 16.5 Å². The van der Waals surface area contributed by atoms with Crippen LogP contribution in [-0.4, -0.2) is 10.5 Å². The SMILES string of the molecule is Cc1ccc(NC(=O)c2scc(-c3ccc(F)cc3)c2-n2cccc2)cc1F. The predicted octanol–water partition coefficient (Wildman–Crippen LogP) is 6.04. The summed E-state index contributed by atoms with van der Waals surface area (Å²) in [6.07, 6.45) is 3.69. The van der Waals surface area contributed by atoms with Gasteiger partial charge in [-0.15, -0.1) is 11.3 Å². The van der Waals surface area contributed by atoms with Crippen molar-refractivity contribution in [1.82, 2.24) is 4.57 Å². The fraction of sp³-hybridized carbons (Fsp3) is 0.0455. The maximum Gasteiger partial charge on any atom is 0.267 e. The van der Waals surface area contributed by atoms with E-state index in [1.54, 1.807) is 31.2 Å². The van der Waals surface area contributed by atoms with E-state index in [2.05, 4.69) is 5.32 Å². The number of rotatable bonds is 4. The number of amides is 1. The Balaban J connectivity index is 1.75. The molecule has 0 spiro atoms. The van der Waals surface area contributed by atoms with Crippen LogP contribution in [0, 0.1) is 18.6 Å². The number of anilines is 1. The van der Waals surface area contributed by atoms with Crippen LogP contribution in [0.15, 0.2) is 72.4 Å². The zero-order valence-electron chi connectivity index (χ0n) is 14.9. The smallest absolute Gasteiger partial charge is 0.267 e.